The summed E-state index contributed by atoms with van der Waals surface area (Å²) in [6, 6.07) is 17.1. The lowest BCUT2D eigenvalue weighted by atomic mass is 10.1. The highest BCUT2D eigenvalue weighted by Gasteiger charge is 2.10. The van der Waals surface area contributed by atoms with E-state index in [1.165, 1.54) is 12.1 Å². The van der Waals surface area contributed by atoms with Crippen LogP contribution in [0.4, 0.5) is 5.69 Å². The Balaban J connectivity index is 0.000000248. The van der Waals surface area contributed by atoms with Crippen molar-refractivity contribution in [1.29, 1.82) is 0 Å². The van der Waals surface area contributed by atoms with Crippen LogP contribution in [0, 0.1) is 6.92 Å². The number of pyridine rings is 1. The molecule has 4 aromatic rings. The molecule has 9 heteroatoms. The van der Waals surface area contributed by atoms with Gasteiger partial charge in [-0.05, 0) is 37.3 Å². The van der Waals surface area contributed by atoms with E-state index in [-0.39, 0.29) is 17.1 Å². The van der Waals surface area contributed by atoms with Crippen LogP contribution in [0.3, 0.4) is 0 Å². The predicted molar refractivity (Wildman–Crippen MR) is 129 cm³/mol. The minimum Gasteiger partial charge on any atom is -0.744 e. The Morgan fingerprint density at radius 2 is 1.65 bits per heavy atom. The number of aryl methyl sites for hydroxylation is 1. The molecule has 0 unspecified atom stereocenters. The van der Waals surface area contributed by atoms with E-state index in [0.29, 0.717) is 17.7 Å². The van der Waals surface area contributed by atoms with Crippen molar-refractivity contribution in [3.63, 3.8) is 0 Å². The number of hydrogen-bond donors (Lipinski definition) is 1. The van der Waals surface area contributed by atoms with Crippen LogP contribution in [0.1, 0.15) is 5.56 Å². The molecule has 1 N–H and O–H groups in total. The van der Waals surface area contributed by atoms with Gasteiger partial charge in [0.2, 0.25) is 0 Å². The molecular formula is C25H26N2O6S. The van der Waals surface area contributed by atoms with Crippen LogP contribution in [-0.2, 0) is 16.7 Å². The summed E-state index contributed by atoms with van der Waals surface area (Å²) in [4.78, 5) is 14.1. The van der Waals surface area contributed by atoms with Gasteiger partial charge in [-0.2, -0.15) is 0 Å². The number of aliphatic hydroxyl groups excluding tert-OH is 1. The zero-order valence-corrected chi connectivity index (χ0v) is 20.0. The molecule has 0 aliphatic carbocycles. The molecule has 178 valence electrons. The fourth-order valence-electron chi connectivity index (χ4n) is 3.19. The molecule has 2 aromatic carbocycles. The van der Waals surface area contributed by atoms with Gasteiger partial charge in [0.25, 0.3) is 0 Å². The van der Waals surface area contributed by atoms with Gasteiger partial charge in [-0.1, -0.05) is 17.7 Å². The summed E-state index contributed by atoms with van der Waals surface area (Å²) in [6.45, 7) is 2.43. The third kappa shape index (κ3) is 6.28. The lowest BCUT2D eigenvalue weighted by Gasteiger charge is -2.12. The molecule has 0 saturated heterocycles. The molecule has 34 heavy (non-hydrogen) atoms. The molecule has 0 atom stereocenters. The predicted octanol–water partition coefficient (Wildman–Crippen LogP) is 2.70. The molecule has 2 heterocycles. The van der Waals surface area contributed by atoms with E-state index in [1.807, 2.05) is 79.3 Å². The van der Waals surface area contributed by atoms with Crippen molar-refractivity contribution >= 4 is 26.8 Å². The third-order valence-electron chi connectivity index (χ3n) is 5.11. The van der Waals surface area contributed by atoms with Crippen LogP contribution < -0.4 is 15.1 Å². The van der Waals surface area contributed by atoms with Crippen molar-refractivity contribution in [3.8, 4) is 11.1 Å². The normalized spacial score (nSPS) is 11.1. The Labute approximate surface area is 198 Å². The SMILES string of the molecule is CN(C)c1ccc2cc(-c3cc[n+](CCO)cc3)c(=O)oc2c1.Cc1ccc(S(=O)(=O)[O-])cc1. The van der Waals surface area contributed by atoms with Crippen LogP contribution in [-0.4, -0.2) is 38.8 Å². The fraction of sp³-hybridized carbons (Fsp3) is 0.200. The number of anilines is 1. The minimum absolute atomic E-state index is 0.0797. The van der Waals surface area contributed by atoms with E-state index in [2.05, 4.69) is 0 Å². The summed E-state index contributed by atoms with van der Waals surface area (Å²) in [5, 5.41) is 9.83. The molecule has 0 fully saturated rings. The minimum atomic E-state index is -4.27. The van der Waals surface area contributed by atoms with Gasteiger partial charge in [-0.15, -0.1) is 0 Å². The topological polar surface area (TPSA) is 115 Å². The molecule has 0 bridgehead atoms. The molecule has 0 amide bonds. The summed E-state index contributed by atoms with van der Waals surface area (Å²) < 4.78 is 38.5. The largest absolute Gasteiger partial charge is 0.744 e. The number of fused-ring (bicyclic) bond motifs is 1. The quantitative estimate of drug-likeness (QED) is 0.264. The van der Waals surface area contributed by atoms with Crippen molar-refractivity contribution in [2.24, 2.45) is 0 Å². The highest BCUT2D eigenvalue weighted by Crippen LogP contribution is 2.24. The van der Waals surface area contributed by atoms with Crippen molar-refractivity contribution < 1.29 is 27.1 Å². The fourth-order valence-corrected chi connectivity index (χ4v) is 3.66. The summed E-state index contributed by atoms with van der Waals surface area (Å²) in [5.41, 5.74) is 3.47. The molecule has 2 aromatic heterocycles. The molecule has 8 nitrogen and oxygen atoms in total. The maximum absolute atomic E-state index is 12.3. The second-order valence-corrected chi connectivity index (χ2v) is 9.26. The number of rotatable bonds is 5. The van der Waals surface area contributed by atoms with Crippen molar-refractivity contribution in [1.82, 2.24) is 0 Å². The lowest BCUT2D eigenvalue weighted by Crippen LogP contribution is -2.34. The number of nitrogens with zero attached hydrogens (tertiary/aromatic N) is 2. The van der Waals surface area contributed by atoms with Gasteiger partial charge in [0.05, 0.1) is 10.5 Å². The Hall–Kier alpha value is -3.53. The molecule has 0 aliphatic rings. The Morgan fingerprint density at radius 3 is 2.21 bits per heavy atom. The first-order valence-electron chi connectivity index (χ1n) is 10.5. The number of aliphatic hydroxyl groups is 1. The van der Waals surface area contributed by atoms with E-state index in [0.717, 1.165) is 22.2 Å². The van der Waals surface area contributed by atoms with Gasteiger partial charge in [0, 0.05) is 48.9 Å². The average molecular weight is 483 g/mol. The zero-order chi connectivity index (χ0) is 24.9. The van der Waals surface area contributed by atoms with E-state index >= 15 is 0 Å². The van der Waals surface area contributed by atoms with Gasteiger partial charge in [0.15, 0.2) is 18.9 Å². The first-order valence-corrected chi connectivity index (χ1v) is 11.9. The average Bonchev–Trinajstić information content (AvgIpc) is 2.79. The Morgan fingerprint density at radius 1 is 1.00 bits per heavy atom. The standard InChI is InChI=1S/C18H19N2O3.C7H8O3S/c1-19(2)15-4-3-14-11-16(18(22)23-17(14)12-15)13-5-7-20(8-6-13)9-10-21;1-6-2-4-7(5-3-6)11(8,9)10/h3-8,11-12,21H,9-10H2,1-2H3;2-5H,1H3,(H,8,9,10)/q+1;/p-1. The summed E-state index contributed by atoms with van der Waals surface area (Å²) in [7, 11) is -0.382. The summed E-state index contributed by atoms with van der Waals surface area (Å²) in [6.07, 6.45) is 3.68. The van der Waals surface area contributed by atoms with Gasteiger partial charge < -0.3 is 19.0 Å². The number of benzene rings is 2. The second kappa shape index (κ2) is 10.6. The maximum atomic E-state index is 12.3. The Bertz CT molecular complexity index is 1430. The highest BCUT2D eigenvalue weighted by atomic mass is 32.2. The highest BCUT2D eigenvalue weighted by molar-refractivity contribution is 7.85. The second-order valence-electron chi connectivity index (χ2n) is 7.88. The molecular weight excluding hydrogens is 456 g/mol. The third-order valence-corrected chi connectivity index (χ3v) is 5.96. The van der Waals surface area contributed by atoms with E-state index in [1.54, 1.807) is 12.1 Å². The Kier molecular flexibility index (Phi) is 7.83. The first-order chi connectivity index (χ1) is 16.1. The van der Waals surface area contributed by atoms with Crippen LogP contribution in [0.5, 0.6) is 0 Å². The summed E-state index contributed by atoms with van der Waals surface area (Å²) >= 11 is 0. The van der Waals surface area contributed by atoms with Crippen molar-refractivity contribution in [2.45, 2.75) is 18.4 Å². The van der Waals surface area contributed by atoms with Crippen LogP contribution in [0.2, 0.25) is 0 Å². The number of aromatic nitrogens is 1. The van der Waals surface area contributed by atoms with Crippen molar-refractivity contribution in [2.75, 3.05) is 25.6 Å². The molecule has 0 saturated carbocycles. The summed E-state index contributed by atoms with van der Waals surface area (Å²) in [5.74, 6) is 0. The van der Waals surface area contributed by atoms with Gasteiger partial charge in [0.1, 0.15) is 22.3 Å². The van der Waals surface area contributed by atoms with E-state index in [9.17, 15) is 17.8 Å². The maximum Gasteiger partial charge on any atom is 0.344 e. The smallest absolute Gasteiger partial charge is 0.344 e. The molecule has 4 rings (SSSR count). The van der Waals surface area contributed by atoms with Gasteiger partial charge in [-0.25, -0.2) is 17.8 Å². The van der Waals surface area contributed by atoms with Crippen molar-refractivity contribution in [3.05, 3.63) is 89.0 Å². The monoisotopic (exact) mass is 482 g/mol. The van der Waals surface area contributed by atoms with E-state index in [4.69, 9.17) is 9.52 Å². The van der Waals surface area contributed by atoms with Crippen LogP contribution >= 0.6 is 0 Å². The van der Waals surface area contributed by atoms with Crippen LogP contribution in [0.25, 0.3) is 22.1 Å². The molecule has 0 aliphatic heterocycles. The first kappa shape index (κ1) is 25.1. The molecule has 0 radical (unpaired) electrons. The lowest BCUT2D eigenvalue weighted by molar-refractivity contribution is -0.698. The number of hydrogen-bond acceptors (Lipinski definition) is 7. The van der Waals surface area contributed by atoms with Crippen LogP contribution in [0.15, 0.2) is 87.2 Å². The van der Waals surface area contributed by atoms with Gasteiger partial charge in [-0.3, -0.25) is 0 Å². The van der Waals surface area contributed by atoms with Gasteiger partial charge >= 0.3 is 5.63 Å². The van der Waals surface area contributed by atoms with E-state index < -0.39 is 10.1 Å². The molecule has 0 spiro atoms. The zero-order valence-electron chi connectivity index (χ0n) is 19.1.